The summed E-state index contributed by atoms with van der Waals surface area (Å²) in [6.07, 6.45) is 1.99. The average molecular weight is 254 g/mol. The minimum absolute atomic E-state index is 0.305. The molecule has 1 aromatic rings. The maximum atomic E-state index is 6.25. The first-order valence-electron chi connectivity index (χ1n) is 6.33. The molecule has 0 N–H and O–H groups in total. The summed E-state index contributed by atoms with van der Waals surface area (Å²) in [5.74, 6) is 2.44. The van der Waals surface area contributed by atoms with Crippen LogP contribution in [0.15, 0.2) is 6.07 Å². The van der Waals surface area contributed by atoms with E-state index in [1.807, 2.05) is 6.92 Å². The maximum Gasteiger partial charge on any atom is 0.132 e. The molecular formula is C13H20ClN3. The fourth-order valence-corrected chi connectivity index (χ4v) is 2.46. The first-order valence-corrected chi connectivity index (χ1v) is 6.77. The van der Waals surface area contributed by atoms with Gasteiger partial charge in [0.1, 0.15) is 11.6 Å². The molecule has 17 heavy (non-hydrogen) atoms. The van der Waals surface area contributed by atoms with Gasteiger partial charge in [-0.05, 0) is 25.7 Å². The van der Waals surface area contributed by atoms with E-state index in [0.29, 0.717) is 11.3 Å². The van der Waals surface area contributed by atoms with E-state index in [1.165, 1.54) is 0 Å². The number of aryl methyl sites for hydroxylation is 2. The summed E-state index contributed by atoms with van der Waals surface area (Å²) in [5, 5.41) is 0.305. The van der Waals surface area contributed by atoms with Crippen LogP contribution in [0, 0.1) is 12.8 Å². The van der Waals surface area contributed by atoms with Gasteiger partial charge in [-0.15, -0.1) is 11.6 Å². The van der Waals surface area contributed by atoms with Gasteiger partial charge in [-0.1, -0.05) is 13.8 Å². The molecule has 2 rings (SSSR count). The lowest BCUT2D eigenvalue weighted by Gasteiger charge is -2.35. The van der Waals surface area contributed by atoms with Crippen molar-refractivity contribution in [2.45, 2.75) is 39.0 Å². The monoisotopic (exact) mass is 253 g/mol. The summed E-state index contributed by atoms with van der Waals surface area (Å²) in [7, 11) is 0. The molecule has 1 saturated heterocycles. The van der Waals surface area contributed by atoms with Crippen molar-refractivity contribution in [2.75, 3.05) is 18.0 Å². The predicted octanol–water partition coefficient (Wildman–Crippen LogP) is 2.80. The summed E-state index contributed by atoms with van der Waals surface area (Å²) in [5.41, 5.74) is 1.12. The Hall–Kier alpha value is -0.830. The lowest BCUT2D eigenvalue weighted by Crippen LogP contribution is -2.40. The molecule has 2 atom stereocenters. The Bertz CT molecular complexity index is 394. The van der Waals surface area contributed by atoms with E-state index in [-0.39, 0.29) is 0 Å². The Labute approximate surface area is 108 Å². The van der Waals surface area contributed by atoms with Crippen LogP contribution in [0.5, 0.6) is 0 Å². The molecule has 0 spiro atoms. The van der Waals surface area contributed by atoms with E-state index < -0.39 is 0 Å². The SMILES string of the molecule is CCc1cc(N2CCC(Cl)C(C)C2)nc(C)n1. The zero-order valence-electron chi connectivity index (χ0n) is 10.8. The Morgan fingerprint density at radius 1 is 1.47 bits per heavy atom. The second-order valence-corrected chi connectivity index (χ2v) is 5.41. The van der Waals surface area contributed by atoms with Crippen LogP contribution in [0.2, 0.25) is 0 Å². The molecule has 0 aromatic carbocycles. The van der Waals surface area contributed by atoms with Crippen molar-refractivity contribution in [2.24, 2.45) is 5.92 Å². The predicted molar refractivity (Wildman–Crippen MR) is 71.8 cm³/mol. The molecule has 2 heterocycles. The van der Waals surface area contributed by atoms with Crippen LogP contribution in [0.25, 0.3) is 0 Å². The van der Waals surface area contributed by atoms with E-state index in [4.69, 9.17) is 11.6 Å². The van der Waals surface area contributed by atoms with Crippen LogP contribution in [-0.2, 0) is 6.42 Å². The molecule has 2 unspecified atom stereocenters. The van der Waals surface area contributed by atoms with Gasteiger partial charge >= 0.3 is 0 Å². The van der Waals surface area contributed by atoms with Crippen LogP contribution in [0.4, 0.5) is 5.82 Å². The summed E-state index contributed by atoms with van der Waals surface area (Å²) >= 11 is 6.25. The zero-order chi connectivity index (χ0) is 12.4. The van der Waals surface area contributed by atoms with Crippen molar-refractivity contribution in [3.05, 3.63) is 17.6 Å². The average Bonchev–Trinajstić information content (AvgIpc) is 2.32. The Morgan fingerprint density at radius 3 is 2.88 bits per heavy atom. The van der Waals surface area contributed by atoms with E-state index in [9.17, 15) is 0 Å². The first kappa shape index (κ1) is 12.6. The van der Waals surface area contributed by atoms with Gasteiger partial charge in [0, 0.05) is 30.2 Å². The molecular weight excluding hydrogens is 234 g/mol. The number of piperidine rings is 1. The second kappa shape index (κ2) is 5.21. The fraction of sp³-hybridized carbons (Fsp3) is 0.692. The Morgan fingerprint density at radius 2 is 2.24 bits per heavy atom. The highest BCUT2D eigenvalue weighted by atomic mass is 35.5. The third-order valence-electron chi connectivity index (χ3n) is 3.36. The number of hydrogen-bond acceptors (Lipinski definition) is 3. The topological polar surface area (TPSA) is 29.0 Å². The minimum atomic E-state index is 0.305. The van der Waals surface area contributed by atoms with Gasteiger partial charge in [-0.3, -0.25) is 0 Å². The lowest BCUT2D eigenvalue weighted by molar-refractivity contribution is 0.452. The van der Waals surface area contributed by atoms with Crippen molar-refractivity contribution in [1.29, 1.82) is 0 Å². The number of alkyl halides is 1. The molecule has 1 aromatic heterocycles. The highest BCUT2D eigenvalue weighted by Crippen LogP contribution is 2.25. The number of rotatable bonds is 2. The van der Waals surface area contributed by atoms with Gasteiger partial charge in [-0.25, -0.2) is 9.97 Å². The third-order valence-corrected chi connectivity index (χ3v) is 4.01. The molecule has 1 fully saturated rings. The largest absolute Gasteiger partial charge is 0.356 e. The number of halogens is 1. The van der Waals surface area contributed by atoms with Crippen molar-refractivity contribution in [3.8, 4) is 0 Å². The van der Waals surface area contributed by atoms with Crippen LogP contribution < -0.4 is 4.90 Å². The van der Waals surface area contributed by atoms with Gasteiger partial charge in [0.25, 0.3) is 0 Å². The standard InChI is InChI=1S/C13H20ClN3/c1-4-11-7-13(16-10(3)15-11)17-6-5-12(14)9(2)8-17/h7,9,12H,4-6,8H2,1-3H3. The van der Waals surface area contributed by atoms with Crippen LogP contribution in [0.3, 0.4) is 0 Å². The van der Waals surface area contributed by atoms with Gasteiger partial charge in [0.05, 0.1) is 0 Å². The Balaban J connectivity index is 2.19. The molecule has 1 aliphatic heterocycles. The molecule has 0 saturated carbocycles. The molecule has 4 heteroatoms. The van der Waals surface area contributed by atoms with Crippen LogP contribution >= 0.6 is 11.6 Å². The van der Waals surface area contributed by atoms with Gasteiger partial charge < -0.3 is 4.90 Å². The second-order valence-electron chi connectivity index (χ2n) is 4.85. The van der Waals surface area contributed by atoms with Crippen molar-refractivity contribution < 1.29 is 0 Å². The quantitative estimate of drug-likeness (QED) is 0.759. The van der Waals surface area contributed by atoms with Crippen LogP contribution in [-0.4, -0.2) is 28.4 Å². The van der Waals surface area contributed by atoms with E-state index in [2.05, 4.69) is 34.8 Å². The minimum Gasteiger partial charge on any atom is -0.356 e. The summed E-state index contributed by atoms with van der Waals surface area (Å²) in [4.78, 5) is 11.3. The Kier molecular flexibility index (Phi) is 3.87. The molecule has 3 nitrogen and oxygen atoms in total. The molecule has 0 bridgehead atoms. The molecule has 0 aliphatic carbocycles. The van der Waals surface area contributed by atoms with Crippen molar-refractivity contribution in [3.63, 3.8) is 0 Å². The van der Waals surface area contributed by atoms with Crippen molar-refractivity contribution in [1.82, 2.24) is 9.97 Å². The molecule has 1 aliphatic rings. The molecule has 94 valence electrons. The highest BCUT2D eigenvalue weighted by Gasteiger charge is 2.25. The van der Waals surface area contributed by atoms with E-state index in [1.54, 1.807) is 0 Å². The third kappa shape index (κ3) is 2.89. The van der Waals surface area contributed by atoms with Gasteiger partial charge in [-0.2, -0.15) is 0 Å². The van der Waals surface area contributed by atoms with Gasteiger partial charge in [0.15, 0.2) is 0 Å². The number of aromatic nitrogens is 2. The normalized spacial score (nSPS) is 25.1. The highest BCUT2D eigenvalue weighted by molar-refractivity contribution is 6.20. The lowest BCUT2D eigenvalue weighted by atomic mass is 9.99. The van der Waals surface area contributed by atoms with Crippen LogP contribution in [0.1, 0.15) is 31.8 Å². The van der Waals surface area contributed by atoms with E-state index >= 15 is 0 Å². The molecule has 0 amide bonds. The summed E-state index contributed by atoms with van der Waals surface area (Å²) in [6, 6.07) is 2.11. The smallest absolute Gasteiger partial charge is 0.132 e. The van der Waals surface area contributed by atoms with E-state index in [0.717, 1.165) is 43.3 Å². The van der Waals surface area contributed by atoms with Crippen molar-refractivity contribution >= 4 is 17.4 Å². The van der Waals surface area contributed by atoms with Gasteiger partial charge in [0.2, 0.25) is 0 Å². The summed E-state index contributed by atoms with van der Waals surface area (Å²) in [6.45, 7) is 8.28. The number of anilines is 1. The fourth-order valence-electron chi connectivity index (χ4n) is 2.28. The molecule has 0 radical (unpaired) electrons. The zero-order valence-corrected chi connectivity index (χ0v) is 11.5. The first-order chi connectivity index (χ1) is 8.10. The summed E-state index contributed by atoms with van der Waals surface area (Å²) < 4.78 is 0. The number of nitrogens with zero attached hydrogens (tertiary/aromatic N) is 3. The number of hydrogen-bond donors (Lipinski definition) is 0. The maximum absolute atomic E-state index is 6.25.